The van der Waals surface area contributed by atoms with Crippen LogP contribution < -0.4 is 14.8 Å². The van der Waals surface area contributed by atoms with Crippen LogP contribution in [0.5, 0.6) is 11.5 Å². The molecule has 1 atom stereocenters. The molecular weight excluding hydrogens is 346 g/mol. The summed E-state index contributed by atoms with van der Waals surface area (Å²) in [6.07, 6.45) is 0. The van der Waals surface area contributed by atoms with Crippen LogP contribution in [0, 0.1) is 6.92 Å². The van der Waals surface area contributed by atoms with E-state index in [9.17, 15) is 4.79 Å². The van der Waals surface area contributed by atoms with Crippen LogP contribution in [0.2, 0.25) is 0 Å². The highest BCUT2D eigenvalue weighted by Gasteiger charge is 2.14. The lowest BCUT2D eigenvalue weighted by Gasteiger charge is -2.17. The van der Waals surface area contributed by atoms with Crippen LogP contribution in [0.15, 0.2) is 53.1 Å². The second-order valence-corrected chi connectivity index (χ2v) is 5.98. The highest BCUT2D eigenvalue weighted by Crippen LogP contribution is 2.24. The molecule has 1 amide bonds. The number of rotatable bonds is 7. The lowest BCUT2D eigenvalue weighted by atomic mass is 10.1. The Morgan fingerprint density at radius 1 is 1.19 bits per heavy atom. The standard InChI is InChI=1S/C20H21N3O4/c1-13(17-6-4-5-7-18(17)25-3)21-19(24)12-26-16-10-8-15(9-11-16)20-22-14(2)27-23-20/h4-11,13H,12H2,1-3H3,(H,21,24). The molecule has 140 valence electrons. The predicted molar refractivity (Wildman–Crippen MR) is 99.5 cm³/mol. The van der Waals surface area contributed by atoms with Gasteiger partial charge < -0.3 is 19.3 Å². The summed E-state index contributed by atoms with van der Waals surface area (Å²) in [4.78, 5) is 16.3. The van der Waals surface area contributed by atoms with E-state index in [-0.39, 0.29) is 18.6 Å². The topological polar surface area (TPSA) is 86.5 Å². The number of hydrogen-bond donors (Lipinski definition) is 1. The van der Waals surface area contributed by atoms with E-state index in [2.05, 4.69) is 15.5 Å². The number of aryl methyl sites for hydroxylation is 1. The number of amides is 1. The van der Waals surface area contributed by atoms with E-state index in [1.165, 1.54) is 0 Å². The number of nitrogens with zero attached hydrogens (tertiary/aromatic N) is 2. The number of nitrogens with one attached hydrogen (secondary N) is 1. The van der Waals surface area contributed by atoms with Crippen molar-refractivity contribution in [3.05, 3.63) is 60.0 Å². The number of methoxy groups -OCH3 is 1. The molecule has 1 heterocycles. The summed E-state index contributed by atoms with van der Waals surface area (Å²) in [6.45, 7) is 3.55. The van der Waals surface area contributed by atoms with Crippen LogP contribution in [0.25, 0.3) is 11.4 Å². The van der Waals surface area contributed by atoms with Crippen molar-refractivity contribution in [2.24, 2.45) is 0 Å². The molecule has 0 aliphatic heterocycles. The molecule has 0 spiro atoms. The molecule has 0 bridgehead atoms. The second-order valence-electron chi connectivity index (χ2n) is 5.98. The first-order valence-corrected chi connectivity index (χ1v) is 8.52. The molecule has 0 aliphatic rings. The Hall–Kier alpha value is -3.35. The Morgan fingerprint density at radius 2 is 1.93 bits per heavy atom. The zero-order valence-electron chi connectivity index (χ0n) is 15.4. The van der Waals surface area contributed by atoms with Gasteiger partial charge in [-0.1, -0.05) is 23.4 Å². The van der Waals surface area contributed by atoms with Gasteiger partial charge in [0.05, 0.1) is 13.2 Å². The predicted octanol–water partition coefficient (Wildman–Crippen LogP) is 3.31. The summed E-state index contributed by atoms with van der Waals surface area (Å²) in [6, 6.07) is 14.5. The maximum atomic E-state index is 12.2. The average Bonchev–Trinajstić information content (AvgIpc) is 3.13. The van der Waals surface area contributed by atoms with Gasteiger partial charge in [-0.2, -0.15) is 4.98 Å². The quantitative estimate of drug-likeness (QED) is 0.689. The Morgan fingerprint density at radius 3 is 2.59 bits per heavy atom. The van der Waals surface area contributed by atoms with Crippen LogP contribution in [0.1, 0.15) is 24.4 Å². The highest BCUT2D eigenvalue weighted by atomic mass is 16.5. The number of ether oxygens (including phenoxy) is 2. The molecule has 1 N–H and O–H groups in total. The van der Waals surface area contributed by atoms with Crippen molar-refractivity contribution >= 4 is 5.91 Å². The number of hydrogen-bond acceptors (Lipinski definition) is 6. The van der Waals surface area contributed by atoms with Crippen LogP contribution in [-0.4, -0.2) is 29.8 Å². The van der Waals surface area contributed by atoms with Crippen molar-refractivity contribution in [1.82, 2.24) is 15.5 Å². The van der Waals surface area contributed by atoms with E-state index >= 15 is 0 Å². The minimum absolute atomic E-state index is 0.0832. The van der Waals surface area contributed by atoms with Gasteiger partial charge >= 0.3 is 0 Å². The van der Waals surface area contributed by atoms with Gasteiger partial charge in [-0.3, -0.25) is 4.79 Å². The largest absolute Gasteiger partial charge is 0.496 e. The summed E-state index contributed by atoms with van der Waals surface area (Å²) < 4.78 is 15.8. The first-order valence-electron chi connectivity index (χ1n) is 8.52. The van der Waals surface area contributed by atoms with Gasteiger partial charge in [-0.25, -0.2) is 0 Å². The summed E-state index contributed by atoms with van der Waals surface area (Å²) in [5, 5.41) is 6.77. The molecule has 0 saturated heterocycles. The average molecular weight is 367 g/mol. The van der Waals surface area contributed by atoms with Crippen molar-refractivity contribution in [2.75, 3.05) is 13.7 Å². The first kappa shape index (κ1) is 18.4. The molecule has 0 radical (unpaired) electrons. The summed E-state index contributed by atoms with van der Waals surface area (Å²) >= 11 is 0. The minimum Gasteiger partial charge on any atom is -0.496 e. The van der Waals surface area contributed by atoms with Crippen molar-refractivity contribution in [1.29, 1.82) is 0 Å². The van der Waals surface area contributed by atoms with E-state index in [1.54, 1.807) is 26.2 Å². The molecule has 3 rings (SSSR count). The van der Waals surface area contributed by atoms with Crippen molar-refractivity contribution in [3.63, 3.8) is 0 Å². The van der Waals surface area contributed by atoms with Crippen LogP contribution in [-0.2, 0) is 4.79 Å². The van der Waals surface area contributed by atoms with E-state index < -0.39 is 0 Å². The molecule has 0 aliphatic carbocycles. The van der Waals surface area contributed by atoms with E-state index in [0.29, 0.717) is 17.5 Å². The highest BCUT2D eigenvalue weighted by molar-refractivity contribution is 5.78. The normalized spacial score (nSPS) is 11.7. The Balaban J connectivity index is 1.54. The van der Waals surface area contributed by atoms with Crippen molar-refractivity contribution < 1.29 is 18.8 Å². The lowest BCUT2D eigenvalue weighted by Crippen LogP contribution is -2.31. The first-order chi connectivity index (χ1) is 13.1. The number of aromatic nitrogens is 2. The number of carbonyl (C=O) groups is 1. The van der Waals surface area contributed by atoms with Gasteiger partial charge in [0.1, 0.15) is 11.5 Å². The third kappa shape index (κ3) is 4.63. The summed E-state index contributed by atoms with van der Waals surface area (Å²) in [5.74, 6) is 2.12. The molecule has 1 aromatic heterocycles. The zero-order valence-corrected chi connectivity index (χ0v) is 15.4. The minimum atomic E-state index is -0.216. The lowest BCUT2D eigenvalue weighted by molar-refractivity contribution is -0.123. The van der Waals surface area contributed by atoms with Gasteiger partial charge in [0.25, 0.3) is 5.91 Å². The zero-order chi connectivity index (χ0) is 19.2. The fraction of sp³-hybridized carbons (Fsp3) is 0.250. The van der Waals surface area contributed by atoms with Crippen molar-refractivity contribution in [3.8, 4) is 22.9 Å². The Bertz CT molecular complexity index is 906. The van der Waals surface area contributed by atoms with E-state index in [1.807, 2.05) is 43.3 Å². The second kappa shape index (κ2) is 8.35. The van der Waals surface area contributed by atoms with Gasteiger partial charge in [-0.05, 0) is 37.3 Å². The number of carbonyl (C=O) groups excluding carboxylic acids is 1. The third-order valence-corrected chi connectivity index (χ3v) is 3.99. The van der Waals surface area contributed by atoms with Crippen molar-refractivity contribution in [2.45, 2.75) is 19.9 Å². The van der Waals surface area contributed by atoms with Gasteiger partial charge in [-0.15, -0.1) is 0 Å². The Labute approximate surface area is 157 Å². The number of para-hydroxylation sites is 1. The van der Waals surface area contributed by atoms with Crippen LogP contribution >= 0.6 is 0 Å². The molecule has 2 aromatic carbocycles. The van der Waals surface area contributed by atoms with E-state index in [0.717, 1.165) is 16.9 Å². The molecule has 27 heavy (non-hydrogen) atoms. The maximum Gasteiger partial charge on any atom is 0.258 e. The molecule has 7 heteroatoms. The fourth-order valence-corrected chi connectivity index (χ4v) is 2.65. The maximum absolute atomic E-state index is 12.2. The molecular formula is C20H21N3O4. The van der Waals surface area contributed by atoms with Gasteiger partial charge in [0.15, 0.2) is 6.61 Å². The molecule has 3 aromatic rings. The summed E-state index contributed by atoms with van der Waals surface area (Å²) in [5.41, 5.74) is 1.72. The SMILES string of the molecule is COc1ccccc1C(C)NC(=O)COc1ccc(-c2noc(C)n2)cc1. The van der Waals surface area contributed by atoms with Crippen LogP contribution in [0.3, 0.4) is 0 Å². The molecule has 0 saturated carbocycles. The number of benzene rings is 2. The smallest absolute Gasteiger partial charge is 0.258 e. The summed E-state index contributed by atoms with van der Waals surface area (Å²) in [7, 11) is 1.61. The molecule has 0 fully saturated rings. The van der Waals surface area contributed by atoms with E-state index in [4.69, 9.17) is 14.0 Å². The Kier molecular flexibility index (Phi) is 5.71. The molecule has 7 nitrogen and oxygen atoms in total. The molecule has 1 unspecified atom stereocenters. The van der Waals surface area contributed by atoms with Gasteiger partial charge in [0.2, 0.25) is 11.7 Å². The fourth-order valence-electron chi connectivity index (χ4n) is 2.65. The van der Waals surface area contributed by atoms with Crippen LogP contribution in [0.4, 0.5) is 0 Å². The monoisotopic (exact) mass is 367 g/mol. The third-order valence-electron chi connectivity index (χ3n) is 3.99. The van der Waals surface area contributed by atoms with Gasteiger partial charge in [0, 0.05) is 18.1 Å².